The molecule has 2 aromatic rings. The van der Waals surface area contributed by atoms with Crippen LogP contribution in [0.4, 0.5) is 15.8 Å². The lowest BCUT2D eigenvalue weighted by atomic mass is 9.77. The molecular formula is C19H21FN2O3. The Morgan fingerprint density at radius 3 is 1.88 bits per heavy atom. The Morgan fingerprint density at radius 1 is 1.04 bits per heavy atom. The average Bonchev–Trinajstić information content (AvgIpc) is 2.57. The molecule has 0 spiro atoms. The van der Waals surface area contributed by atoms with Crippen LogP contribution in [0.25, 0.3) is 0 Å². The van der Waals surface area contributed by atoms with Crippen LogP contribution in [0.2, 0.25) is 0 Å². The second kappa shape index (κ2) is 6.93. The van der Waals surface area contributed by atoms with E-state index in [4.69, 9.17) is 5.73 Å². The third-order valence-corrected chi connectivity index (χ3v) is 4.51. The van der Waals surface area contributed by atoms with Gasteiger partial charge in [0.2, 0.25) is 11.8 Å². The summed E-state index contributed by atoms with van der Waals surface area (Å²) in [5.74, 6) is -2.01. The van der Waals surface area contributed by atoms with Crippen molar-refractivity contribution in [3.8, 4) is 5.75 Å². The molecule has 0 aliphatic heterocycles. The minimum atomic E-state index is -1.45. The van der Waals surface area contributed by atoms with Crippen molar-refractivity contribution in [1.82, 2.24) is 0 Å². The van der Waals surface area contributed by atoms with Crippen molar-refractivity contribution in [2.24, 2.45) is 17.1 Å². The van der Waals surface area contributed by atoms with E-state index in [9.17, 15) is 19.1 Å². The number of halogens is 1. The van der Waals surface area contributed by atoms with Crippen LogP contribution in [-0.4, -0.2) is 16.9 Å². The normalized spacial score (nSPS) is 13.3. The van der Waals surface area contributed by atoms with Crippen molar-refractivity contribution in [2.45, 2.75) is 20.8 Å². The van der Waals surface area contributed by atoms with E-state index < -0.39 is 23.0 Å². The molecule has 0 fully saturated rings. The Labute approximate surface area is 145 Å². The molecule has 0 bridgehead atoms. The number of rotatable bonds is 5. The van der Waals surface area contributed by atoms with Crippen molar-refractivity contribution in [3.05, 3.63) is 54.3 Å². The molecule has 132 valence electrons. The van der Waals surface area contributed by atoms with Gasteiger partial charge in [-0.2, -0.15) is 0 Å². The highest BCUT2D eigenvalue weighted by Crippen LogP contribution is 2.36. The molecule has 25 heavy (non-hydrogen) atoms. The average molecular weight is 344 g/mol. The van der Waals surface area contributed by atoms with Crippen LogP contribution in [0.5, 0.6) is 5.75 Å². The monoisotopic (exact) mass is 344 g/mol. The summed E-state index contributed by atoms with van der Waals surface area (Å²) in [5, 5.41) is 9.49. The molecule has 0 aromatic heterocycles. The third kappa shape index (κ3) is 3.47. The number of phenolic OH excluding ortho intramolecular Hbond substituents is 1. The van der Waals surface area contributed by atoms with Gasteiger partial charge in [0, 0.05) is 11.4 Å². The van der Waals surface area contributed by atoms with Gasteiger partial charge in [-0.25, -0.2) is 4.39 Å². The van der Waals surface area contributed by atoms with Gasteiger partial charge < -0.3 is 10.8 Å². The fourth-order valence-electron chi connectivity index (χ4n) is 2.44. The lowest BCUT2D eigenvalue weighted by molar-refractivity contribution is -0.141. The number of aromatic hydroxyl groups is 1. The van der Waals surface area contributed by atoms with Crippen LogP contribution in [0.1, 0.15) is 20.8 Å². The molecule has 1 unspecified atom stereocenters. The van der Waals surface area contributed by atoms with E-state index in [0.717, 1.165) is 0 Å². The number of nitrogens with zero attached hydrogens (tertiary/aromatic N) is 1. The van der Waals surface area contributed by atoms with Gasteiger partial charge in [-0.3, -0.25) is 14.5 Å². The van der Waals surface area contributed by atoms with Crippen molar-refractivity contribution in [3.63, 3.8) is 0 Å². The van der Waals surface area contributed by atoms with E-state index in [2.05, 4.69) is 0 Å². The summed E-state index contributed by atoms with van der Waals surface area (Å²) in [7, 11) is 0. The number of benzene rings is 2. The van der Waals surface area contributed by atoms with E-state index >= 15 is 0 Å². The minimum Gasteiger partial charge on any atom is -0.508 e. The standard InChI is InChI=1S/C19H21FN2O3/c1-12(2)19(3,17(21)24)18(25)22(14-6-4-13(20)5-7-14)15-8-10-16(23)11-9-15/h4-12,23H,1-3H3,(H2,21,24). The molecule has 1 atom stereocenters. The maximum absolute atomic E-state index is 13.3. The highest BCUT2D eigenvalue weighted by Gasteiger charge is 2.45. The predicted octanol–water partition coefficient (Wildman–Crippen LogP) is 3.34. The van der Waals surface area contributed by atoms with Crippen molar-refractivity contribution in [1.29, 1.82) is 0 Å². The quantitative estimate of drug-likeness (QED) is 0.816. The topological polar surface area (TPSA) is 83.6 Å². The van der Waals surface area contributed by atoms with Gasteiger partial charge in [0.15, 0.2) is 0 Å². The van der Waals surface area contributed by atoms with Gasteiger partial charge >= 0.3 is 0 Å². The van der Waals surface area contributed by atoms with E-state index in [1.807, 2.05) is 0 Å². The molecule has 0 aliphatic carbocycles. The molecule has 0 saturated carbocycles. The number of phenols is 1. The summed E-state index contributed by atoms with van der Waals surface area (Å²) in [4.78, 5) is 26.7. The Hall–Kier alpha value is -2.89. The molecule has 3 N–H and O–H groups in total. The second-order valence-corrected chi connectivity index (χ2v) is 6.35. The maximum Gasteiger partial charge on any atom is 0.247 e. The van der Waals surface area contributed by atoms with Crippen molar-refractivity contribution in [2.75, 3.05) is 4.90 Å². The first kappa shape index (κ1) is 18.4. The molecule has 5 nitrogen and oxygen atoms in total. The SMILES string of the molecule is CC(C)C(C)(C(N)=O)C(=O)N(c1ccc(O)cc1)c1ccc(F)cc1. The first-order chi connectivity index (χ1) is 11.7. The lowest BCUT2D eigenvalue weighted by Gasteiger charge is -2.35. The molecule has 2 aromatic carbocycles. The highest BCUT2D eigenvalue weighted by molar-refractivity contribution is 6.14. The highest BCUT2D eigenvalue weighted by atomic mass is 19.1. The van der Waals surface area contributed by atoms with E-state index in [1.54, 1.807) is 26.0 Å². The Morgan fingerprint density at radius 2 is 1.48 bits per heavy atom. The minimum absolute atomic E-state index is 0.0387. The molecule has 6 heteroatoms. The summed E-state index contributed by atoms with van der Waals surface area (Å²) in [6.45, 7) is 4.98. The maximum atomic E-state index is 13.3. The molecule has 0 aliphatic rings. The summed E-state index contributed by atoms with van der Waals surface area (Å²) >= 11 is 0. The van der Waals surface area contributed by atoms with E-state index in [1.165, 1.54) is 48.2 Å². The first-order valence-corrected chi connectivity index (χ1v) is 7.87. The Bertz CT molecular complexity index is 727. The molecule has 0 saturated heterocycles. The predicted molar refractivity (Wildman–Crippen MR) is 93.8 cm³/mol. The Kier molecular flexibility index (Phi) is 5.11. The van der Waals surface area contributed by atoms with E-state index in [-0.39, 0.29) is 11.7 Å². The molecule has 2 amide bonds. The van der Waals surface area contributed by atoms with Gasteiger partial charge in [0.05, 0.1) is 0 Å². The smallest absolute Gasteiger partial charge is 0.247 e. The zero-order valence-electron chi connectivity index (χ0n) is 14.4. The summed E-state index contributed by atoms with van der Waals surface area (Å²) in [6.07, 6.45) is 0. The zero-order valence-corrected chi connectivity index (χ0v) is 14.4. The van der Waals surface area contributed by atoms with Gasteiger partial charge in [-0.05, 0) is 61.4 Å². The van der Waals surface area contributed by atoms with Crippen LogP contribution in [-0.2, 0) is 9.59 Å². The molecule has 2 rings (SSSR count). The molecular weight excluding hydrogens is 323 g/mol. The van der Waals surface area contributed by atoms with Crippen LogP contribution in [0.15, 0.2) is 48.5 Å². The summed E-state index contributed by atoms with van der Waals surface area (Å²) in [6, 6.07) is 11.3. The van der Waals surface area contributed by atoms with Gasteiger partial charge in [-0.15, -0.1) is 0 Å². The van der Waals surface area contributed by atoms with Gasteiger partial charge in [0.25, 0.3) is 0 Å². The van der Waals surface area contributed by atoms with E-state index in [0.29, 0.717) is 11.4 Å². The van der Waals surface area contributed by atoms with Gasteiger partial charge in [0.1, 0.15) is 17.0 Å². The zero-order chi connectivity index (χ0) is 18.8. The lowest BCUT2D eigenvalue weighted by Crippen LogP contribution is -2.51. The van der Waals surface area contributed by atoms with Crippen LogP contribution in [0, 0.1) is 17.2 Å². The number of nitrogens with two attached hydrogens (primary N) is 1. The fraction of sp³-hybridized carbons (Fsp3) is 0.263. The number of hydrogen-bond donors (Lipinski definition) is 2. The number of carbonyl (C=O) groups excluding carboxylic acids is 2. The largest absolute Gasteiger partial charge is 0.508 e. The van der Waals surface area contributed by atoms with Gasteiger partial charge in [-0.1, -0.05) is 13.8 Å². The third-order valence-electron chi connectivity index (χ3n) is 4.51. The first-order valence-electron chi connectivity index (χ1n) is 7.87. The van der Waals surface area contributed by atoms with Crippen molar-refractivity contribution >= 4 is 23.2 Å². The molecule has 0 heterocycles. The number of carbonyl (C=O) groups is 2. The number of amides is 2. The van der Waals surface area contributed by atoms with Crippen LogP contribution in [0.3, 0.4) is 0 Å². The van der Waals surface area contributed by atoms with Crippen LogP contribution >= 0.6 is 0 Å². The van der Waals surface area contributed by atoms with Crippen LogP contribution < -0.4 is 10.6 Å². The number of hydrogen-bond acceptors (Lipinski definition) is 3. The van der Waals surface area contributed by atoms with Crippen molar-refractivity contribution < 1.29 is 19.1 Å². The number of anilines is 2. The molecule has 0 radical (unpaired) electrons. The summed E-state index contributed by atoms with van der Waals surface area (Å²) < 4.78 is 13.3. The Balaban J connectivity index is 2.62. The fourth-order valence-corrected chi connectivity index (χ4v) is 2.44. The number of primary amides is 1. The second-order valence-electron chi connectivity index (χ2n) is 6.35. The summed E-state index contributed by atoms with van der Waals surface area (Å²) in [5.41, 5.74) is 4.90.